The van der Waals surface area contributed by atoms with Crippen molar-refractivity contribution >= 4 is 17.6 Å². The largest absolute Gasteiger partial charge is 0.478 e. The first kappa shape index (κ1) is 11.6. The van der Waals surface area contributed by atoms with Gasteiger partial charge in [0, 0.05) is 10.6 Å². The van der Waals surface area contributed by atoms with Crippen molar-refractivity contribution in [1.82, 2.24) is 0 Å². The van der Waals surface area contributed by atoms with Crippen LogP contribution in [-0.2, 0) is 0 Å². The second-order valence-corrected chi connectivity index (χ2v) is 3.95. The number of aromatic carboxylic acids is 1. The molecule has 0 amide bonds. The third-order valence-electron chi connectivity index (χ3n) is 2.35. The van der Waals surface area contributed by atoms with Crippen molar-refractivity contribution < 1.29 is 14.3 Å². The van der Waals surface area contributed by atoms with Gasteiger partial charge in [-0.2, -0.15) is 0 Å². The van der Waals surface area contributed by atoms with Crippen LogP contribution in [0.5, 0.6) is 0 Å². The number of hydrogen-bond donors (Lipinski definition) is 1. The van der Waals surface area contributed by atoms with Crippen molar-refractivity contribution in [3.05, 3.63) is 58.9 Å². The molecule has 0 aliphatic carbocycles. The predicted octanol–water partition coefficient (Wildman–Crippen LogP) is 3.84. The predicted molar refractivity (Wildman–Crippen MR) is 63.8 cm³/mol. The third-order valence-corrected chi connectivity index (χ3v) is 2.59. The molecule has 0 bridgehead atoms. The summed E-state index contributed by atoms with van der Waals surface area (Å²) in [7, 11) is 0. The van der Waals surface area contributed by atoms with E-state index in [-0.39, 0.29) is 5.56 Å². The van der Waals surface area contributed by atoms with E-state index in [2.05, 4.69) is 0 Å². The summed E-state index contributed by atoms with van der Waals surface area (Å²) in [5, 5.41) is 9.16. The Hall–Kier alpha value is -1.87. The molecule has 17 heavy (non-hydrogen) atoms. The van der Waals surface area contributed by atoms with Gasteiger partial charge in [-0.1, -0.05) is 23.7 Å². The summed E-state index contributed by atoms with van der Waals surface area (Å²) < 4.78 is 13.6. The molecule has 1 N–H and O–H groups in total. The van der Waals surface area contributed by atoms with Crippen LogP contribution in [0.4, 0.5) is 4.39 Å². The highest BCUT2D eigenvalue weighted by Crippen LogP contribution is 2.25. The molecule has 86 valence electrons. The molecule has 0 saturated heterocycles. The zero-order valence-electron chi connectivity index (χ0n) is 8.65. The molecule has 2 aromatic carbocycles. The summed E-state index contributed by atoms with van der Waals surface area (Å²) in [6, 6.07) is 10.4. The van der Waals surface area contributed by atoms with Gasteiger partial charge in [0.1, 0.15) is 5.82 Å². The minimum absolute atomic E-state index is 0.122. The highest BCUT2D eigenvalue weighted by molar-refractivity contribution is 6.30. The molecule has 2 aromatic rings. The Bertz CT molecular complexity index is 581. The Balaban J connectivity index is 2.53. The lowest BCUT2D eigenvalue weighted by Crippen LogP contribution is -1.96. The minimum Gasteiger partial charge on any atom is -0.478 e. The number of carboxylic acids is 1. The van der Waals surface area contributed by atoms with Gasteiger partial charge in [-0.3, -0.25) is 0 Å². The quantitative estimate of drug-likeness (QED) is 0.879. The van der Waals surface area contributed by atoms with E-state index in [4.69, 9.17) is 16.7 Å². The van der Waals surface area contributed by atoms with Gasteiger partial charge in [0.05, 0.1) is 5.56 Å². The Morgan fingerprint density at radius 1 is 1.18 bits per heavy atom. The topological polar surface area (TPSA) is 37.3 Å². The molecule has 0 aliphatic heterocycles. The van der Waals surface area contributed by atoms with Gasteiger partial charge in [-0.15, -0.1) is 0 Å². The maximum Gasteiger partial charge on any atom is 0.335 e. The fraction of sp³-hybridized carbons (Fsp3) is 0. The fourth-order valence-electron chi connectivity index (χ4n) is 1.54. The van der Waals surface area contributed by atoms with E-state index in [9.17, 15) is 9.18 Å². The Labute approximate surface area is 102 Å². The Morgan fingerprint density at radius 3 is 2.59 bits per heavy atom. The summed E-state index contributed by atoms with van der Waals surface area (Å²) in [5.74, 6) is -1.51. The summed E-state index contributed by atoms with van der Waals surface area (Å²) in [6.45, 7) is 0. The van der Waals surface area contributed by atoms with Crippen molar-refractivity contribution in [1.29, 1.82) is 0 Å². The van der Waals surface area contributed by atoms with Crippen molar-refractivity contribution in [3.63, 3.8) is 0 Å². The first-order valence-corrected chi connectivity index (χ1v) is 5.24. The van der Waals surface area contributed by atoms with Gasteiger partial charge in [0.25, 0.3) is 0 Å². The van der Waals surface area contributed by atoms with Gasteiger partial charge < -0.3 is 5.11 Å². The van der Waals surface area contributed by atoms with E-state index in [0.717, 1.165) is 0 Å². The average Bonchev–Trinajstić information content (AvgIpc) is 2.29. The summed E-state index contributed by atoms with van der Waals surface area (Å²) in [4.78, 5) is 10.8. The highest BCUT2D eigenvalue weighted by atomic mass is 35.5. The van der Waals surface area contributed by atoms with Crippen LogP contribution in [0.15, 0.2) is 42.5 Å². The van der Waals surface area contributed by atoms with Crippen LogP contribution < -0.4 is 0 Å². The number of carboxylic acid groups (broad SMARTS) is 1. The molecule has 0 saturated carbocycles. The summed E-state index contributed by atoms with van der Waals surface area (Å²) >= 11 is 5.65. The highest BCUT2D eigenvalue weighted by Gasteiger charge is 2.08. The van der Waals surface area contributed by atoms with Crippen molar-refractivity contribution in [3.8, 4) is 11.1 Å². The van der Waals surface area contributed by atoms with Crippen LogP contribution in [0.25, 0.3) is 11.1 Å². The SMILES string of the molecule is O=C(O)c1cccc(-c2ccc(Cl)cc2F)c1. The number of rotatable bonds is 2. The molecule has 2 nitrogen and oxygen atoms in total. The van der Waals surface area contributed by atoms with Gasteiger partial charge >= 0.3 is 5.97 Å². The standard InChI is InChI=1S/C13H8ClFO2/c14-10-4-5-11(12(15)7-10)8-2-1-3-9(6-8)13(16)17/h1-7H,(H,16,17). The smallest absolute Gasteiger partial charge is 0.335 e. The van der Waals surface area contributed by atoms with Crippen molar-refractivity contribution in [2.75, 3.05) is 0 Å². The zero-order valence-corrected chi connectivity index (χ0v) is 9.41. The Kier molecular flexibility index (Phi) is 3.11. The van der Waals surface area contributed by atoms with Gasteiger partial charge in [0.2, 0.25) is 0 Å². The van der Waals surface area contributed by atoms with Crippen LogP contribution in [-0.4, -0.2) is 11.1 Å². The van der Waals surface area contributed by atoms with Crippen LogP contribution >= 0.6 is 11.6 Å². The van der Waals surface area contributed by atoms with E-state index in [1.54, 1.807) is 18.2 Å². The van der Waals surface area contributed by atoms with Gasteiger partial charge in [0.15, 0.2) is 0 Å². The van der Waals surface area contributed by atoms with Gasteiger partial charge in [-0.05, 0) is 35.9 Å². The molecule has 0 heterocycles. The molecular weight excluding hydrogens is 243 g/mol. The first-order valence-electron chi connectivity index (χ1n) is 4.87. The lowest BCUT2D eigenvalue weighted by Gasteiger charge is -2.04. The van der Waals surface area contributed by atoms with Crippen LogP contribution in [0.1, 0.15) is 10.4 Å². The number of halogens is 2. The lowest BCUT2D eigenvalue weighted by molar-refractivity contribution is 0.0697. The van der Waals surface area contributed by atoms with E-state index in [1.807, 2.05) is 0 Å². The van der Waals surface area contributed by atoms with Crippen LogP contribution in [0.2, 0.25) is 5.02 Å². The molecule has 0 aromatic heterocycles. The number of carbonyl (C=O) groups is 1. The van der Waals surface area contributed by atoms with E-state index in [1.165, 1.54) is 24.3 Å². The van der Waals surface area contributed by atoms with Gasteiger partial charge in [-0.25, -0.2) is 9.18 Å². The number of hydrogen-bond acceptors (Lipinski definition) is 1. The van der Waals surface area contributed by atoms with Crippen molar-refractivity contribution in [2.45, 2.75) is 0 Å². The number of benzene rings is 2. The summed E-state index contributed by atoms with van der Waals surface area (Å²) in [6.07, 6.45) is 0. The van der Waals surface area contributed by atoms with E-state index < -0.39 is 11.8 Å². The fourth-order valence-corrected chi connectivity index (χ4v) is 1.70. The summed E-state index contributed by atoms with van der Waals surface area (Å²) in [5.41, 5.74) is 0.966. The molecule has 0 aliphatic rings. The molecule has 0 radical (unpaired) electrons. The normalized spacial score (nSPS) is 10.2. The second kappa shape index (κ2) is 4.55. The molecule has 0 fully saturated rings. The molecule has 0 atom stereocenters. The first-order chi connectivity index (χ1) is 8.08. The second-order valence-electron chi connectivity index (χ2n) is 3.51. The monoisotopic (exact) mass is 250 g/mol. The molecule has 0 unspecified atom stereocenters. The maximum atomic E-state index is 13.6. The van der Waals surface area contributed by atoms with E-state index in [0.29, 0.717) is 16.1 Å². The molecule has 4 heteroatoms. The maximum absolute atomic E-state index is 13.6. The van der Waals surface area contributed by atoms with Crippen molar-refractivity contribution in [2.24, 2.45) is 0 Å². The minimum atomic E-state index is -1.04. The van der Waals surface area contributed by atoms with E-state index >= 15 is 0 Å². The zero-order chi connectivity index (χ0) is 12.4. The molecule has 0 spiro atoms. The van der Waals surface area contributed by atoms with Crippen LogP contribution in [0.3, 0.4) is 0 Å². The lowest BCUT2D eigenvalue weighted by atomic mass is 10.0. The molecule has 2 rings (SSSR count). The average molecular weight is 251 g/mol. The third kappa shape index (κ3) is 2.45. The molecular formula is C13H8ClFO2. The Morgan fingerprint density at radius 2 is 1.94 bits per heavy atom. The van der Waals surface area contributed by atoms with Crippen LogP contribution in [0, 0.1) is 5.82 Å².